The van der Waals surface area contributed by atoms with Crippen molar-refractivity contribution in [2.45, 2.75) is 62.5 Å². The Bertz CT molecular complexity index is 1590. The van der Waals surface area contributed by atoms with Gasteiger partial charge in [-0.15, -0.1) is 0 Å². The van der Waals surface area contributed by atoms with Crippen molar-refractivity contribution in [1.82, 2.24) is 0 Å². The number of fused-ring (bicyclic) bond motifs is 2. The molecule has 0 fully saturated rings. The molecule has 0 spiro atoms. The fraction of sp³-hybridized carbons (Fsp3) is 0.333. The summed E-state index contributed by atoms with van der Waals surface area (Å²) in [6.45, 7) is 9.38. The molecule has 0 saturated carbocycles. The number of allylic oxidation sites excluding steroid dienone is 4. The Kier molecular flexibility index (Phi) is 8.44. The molecule has 12 heteroatoms. The van der Waals surface area contributed by atoms with Gasteiger partial charge in [0.2, 0.25) is 0 Å². The highest BCUT2D eigenvalue weighted by Gasteiger charge is 2.46. The van der Waals surface area contributed by atoms with Gasteiger partial charge in [0.15, 0.2) is 46.1 Å². The molecule has 0 amide bonds. The van der Waals surface area contributed by atoms with E-state index in [9.17, 15) is 39.6 Å². The summed E-state index contributed by atoms with van der Waals surface area (Å²) in [5.41, 5.74) is -2.21. The lowest BCUT2D eigenvalue weighted by Crippen LogP contribution is -2.32. The average Bonchev–Trinajstić information content (AvgIpc) is 2.88. The van der Waals surface area contributed by atoms with E-state index in [1.54, 1.807) is 27.7 Å². The van der Waals surface area contributed by atoms with Crippen LogP contribution in [-0.4, -0.2) is 43.6 Å². The molecule has 222 valence electrons. The first-order valence-electron chi connectivity index (χ1n) is 13.0. The Labute approximate surface area is 264 Å². The molecule has 0 bridgehead atoms. The SMILES string of the molecule is CC1=C(C2=C(C)C(=O)c3c(c(C(S)S)c(O)c(O)c3C(C)C)C2=O)C(=O)c2c(c(C(C)C)c(O)c(O)c2C(S)S)C1=O. The van der Waals surface area contributed by atoms with Crippen LogP contribution < -0.4 is 0 Å². The molecular weight excluding hydrogens is 617 g/mol. The van der Waals surface area contributed by atoms with Crippen LogP contribution in [0.3, 0.4) is 0 Å². The van der Waals surface area contributed by atoms with Gasteiger partial charge in [0.05, 0.1) is 9.16 Å². The number of benzene rings is 2. The van der Waals surface area contributed by atoms with Gasteiger partial charge in [-0.2, -0.15) is 50.5 Å². The molecule has 8 nitrogen and oxygen atoms in total. The smallest absolute Gasteiger partial charge is 0.195 e. The summed E-state index contributed by atoms with van der Waals surface area (Å²) < 4.78 is -2.23. The van der Waals surface area contributed by atoms with Crippen molar-refractivity contribution < 1.29 is 39.6 Å². The van der Waals surface area contributed by atoms with Gasteiger partial charge in [0, 0.05) is 66.8 Å². The fourth-order valence-corrected chi connectivity index (χ4v) is 6.89. The summed E-state index contributed by atoms with van der Waals surface area (Å²) in [5, 5.41) is 43.5. The van der Waals surface area contributed by atoms with Crippen molar-refractivity contribution in [3.05, 3.63) is 66.8 Å². The van der Waals surface area contributed by atoms with E-state index in [4.69, 9.17) is 0 Å². The molecule has 4 N–H and O–H groups in total. The number of thiol groups is 4. The molecule has 4 rings (SSSR count). The molecular formula is C30H30O8S4. The Balaban J connectivity index is 2.15. The molecule has 0 radical (unpaired) electrons. The van der Waals surface area contributed by atoms with E-state index in [-0.39, 0.29) is 66.8 Å². The first-order valence-corrected chi connectivity index (χ1v) is 15.0. The van der Waals surface area contributed by atoms with Crippen LogP contribution >= 0.6 is 50.5 Å². The Hall–Kier alpha value is -2.80. The Morgan fingerprint density at radius 2 is 0.690 bits per heavy atom. The number of rotatable bonds is 5. The van der Waals surface area contributed by atoms with E-state index in [0.29, 0.717) is 0 Å². The number of carbonyl (C=O) groups excluding carboxylic acids is 4. The number of phenolic OH excluding ortho intramolecular Hbond substituents is 4. The number of ketones is 4. The molecule has 42 heavy (non-hydrogen) atoms. The highest BCUT2D eigenvalue weighted by molar-refractivity contribution is 7.98. The minimum absolute atomic E-state index is 0.0460. The lowest BCUT2D eigenvalue weighted by Gasteiger charge is -2.31. The van der Waals surface area contributed by atoms with Crippen molar-refractivity contribution in [1.29, 1.82) is 0 Å². The maximum Gasteiger partial charge on any atom is 0.195 e. The minimum atomic E-state index is -1.11. The number of phenols is 4. The Morgan fingerprint density at radius 3 is 0.929 bits per heavy atom. The van der Waals surface area contributed by atoms with E-state index in [0.717, 1.165) is 0 Å². The number of hydrogen-bond acceptors (Lipinski definition) is 12. The van der Waals surface area contributed by atoms with Crippen molar-refractivity contribution >= 4 is 73.6 Å². The molecule has 2 aliphatic carbocycles. The second-order valence-electron chi connectivity index (χ2n) is 10.9. The second kappa shape index (κ2) is 11.0. The van der Waals surface area contributed by atoms with Gasteiger partial charge in [-0.25, -0.2) is 0 Å². The summed E-state index contributed by atoms with van der Waals surface area (Å²) in [5.74, 6) is -6.56. The first kappa shape index (κ1) is 32.1. The second-order valence-corrected chi connectivity index (χ2v) is 13.8. The highest BCUT2D eigenvalue weighted by Crippen LogP contribution is 2.53. The van der Waals surface area contributed by atoms with E-state index >= 15 is 0 Å². The lowest BCUT2D eigenvalue weighted by molar-refractivity contribution is 0.0950. The van der Waals surface area contributed by atoms with E-state index in [2.05, 4.69) is 50.5 Å². The molecule has 2 aromatic rings. The monoisotopic (exact) mass is 646 g/mol. The third-order valence-corrected chi connectivity index (χ3v) is 8.79. The molecule has 0 unspecified atom stereocenters. The van der Waals surface area contributed by atoms with Crippen molar-refractivity contribution in [2.24, 2.45) is 0 Å². The molecule has 0 aromatic heterocycles. The van der Waals surface area contributed by atoms with Gasteiger partial charge >= 0.3 is 0 Å². The third kappa shape index (κ3) is 4.40. The zero-order valence-corrected chi connectivity index (χ0v) is 27.1. The first-order chi connectivity index (χ1) is 19.4. The number of hydrogen-bond donors (Lipinski definition) is 8. The van der Waals surface area contributed by atoms with Gasteiger partial charge in [-0.1, -0.05) is 27.7 Å². The molecule has 0 atom stereocenters. The maximum absolute atomic E-state index is 14.4. The zero-order valence-electron chi connectivity index (χ0n) is 23.5. The molecule has 0 aliphatic heterocycles. The average molecular weight is 647 g/mol. The molecule has 2 aromatic carbocycles. The summed E-state index contributed by atoms with van der Waals surface area (Å²) in [7, 11) is 0. The lowest BCUT2D eigenvalue weighted by atomic mass is 9.70. The Morgan fingerprint density at radius 1 is 0.452 bits per heavy atom. The maximum atomic E-state index is 14.4. The number of Topliss-reactive ketones (excluding diaryl/α,β-unsaturated/α-hetero) is 4. The van der Waals surface area contributed by atoms with Crippen LogP contribution in [-0.2, 0) is 0 Å². The van der Waals surface area contributed by atoms with Crippen LogP contribution in [0.5, 0.6) is 23.0 Å². The normalized spacial score (nSPS) is 15.7. The predicted octanol–water partition coefficient (Wildman–Crippen LogP) is 6.56. The highest BCUT2D eigenvalue weighted by atomic mass is 32.2. The summed E-state index contributed by atoms with van der Waals surface area (Å²) in [4.78, 5) is 56.7. The van der Waals surface area contributed by atoms with Crippen LogP contribution in [0.2, 0.25) is 0 Å². The van der Waals surface area contributed by atoms with Crippen molar-refractivity contribution in [3.8, 4) is 23.0 Å². The summed E-state index contributed by atoms with van der Waals surface area (Å²) in [6.07, 6.45) is 0. The molecule has 0 heterocycles. The predicted molar refractivity (Wildman–Crippen MR) is 172 cm³/mol. The molecule has 0 saturated heterocycles. The number of aromatic hydroxyl groups is 4. The largest absolute Gasteiger partial charge is 0.504 e. The fourth-order valence-electron chi connectivity index (χ4n) is 5.89. The van der Waals surface area contributed by atoms with E-state index in [1.165, 1.54) is 13.8 Å². The van der Waals surface area contributed by atoms with Crippen molar-refractivity contribution in [3.63, 3.8) is 0 Å². The van der Waals surface area contributed by atoms with Crippen LogP contribution in [0.15, 0.2) is 22.3 Å². The van der Waals surface area contributed by atoms with E-state index in [1.807, 2.05) is 0 Å². The van der Waals surface area contributed by atoms with Gasteiger partial charge in [-0.3, -0.25) is 19.2 Å². The van der Waals surface area contributed by atoms with Gasteiger partial charge in [0.25, 0.3) is 0 Å². The van der Waals surface area contributed by atoms with Crippen LogP contribution in [0.4, 0.5) is 0 Å². The van der Waals surface area contributed by atoms with E-state index < -0.39 is 67.1 Å². The third-order valence-electron chi connectivity index (χ3n) is 7.76. The quantitative estimate of drug-likeness (QED) is 0.103. The summed E-state index contributed by atoms with van der Waals surface area (Å²) >= 11 is 17.0. The minimum Gasteiger partial charge on any atom is -0.504 e. The standard InChI is InChI=1S/C30H30O8S4/c1-7(2)11-15-17(19(29(39)40)27(37)25(11)35)23(33)13(9(5)21(15)31)14-10(6)22(32)16-12(8(3)4)26(36)28(38)20(30(41)42)18(16)24(14)34/h7-8,29-30,35-42H,1-6H3. The zero-order chi connectivity index (χ0) is 31.9. The van der Waals surface area contributed by atoms with Crippen LogP contribution in [0.25, 0.3) is 0 Å². The molecule has 2 aliphatic rings. The van der Waals surface area contributed by atoms with Gasteiger partial charge < -0.3 is 20.4 Å². The van der Waals surface area contributed by atoms with Gasteiger partial charge in [0.1, 0.15) is 0 Å². The topological polar surface area (TPSA) is 149 Å². The van der Waals surface area contributed by atoms with Crippen LogP contribution in [0.1, 0.15) is 126 Å². The van der Waals surface area contributed by atoms with Crippen LogP contribution in [0, 0.1) is 0 Å². The van der Waals surface area contributed by atoms with Crippen molar-refractivity contribution in [2.75, 3.05) is 0 Å². The summed E-state index contributed by atoms with van der Waals surface area (Å²) in [6, 6.07) is 0. The van der Waals surface area contributed by atoms with Gasteiger partial charge in [-0.05, 0) is 25.7 Å². The number of carbonyl (C=O) groups is 4.